The summed E-state index contributed by atoms with van der Waals surface area (Å²) in [6.45, 7) is 2.01. The SMILES string of the molecule is CCc1nc(CC(=O)NC(C(=O)O)C2CC2)cs1. The third kappa shape index (κ3) is 3.29. The van der Waals surface area contributed by atoms with Gasteiger partial charge in [0, 0.05) is 5.38 Å². The van der Waals surface area contributed by atoms with E-state index in [0.29, 0.717) is 5.69 Å². The van der Waals surface area contributed by atoms with Crippen LogP contribution in [0.4, 0.5) is 0 Å². The Morgan fingerprint density at radius 2 is 2.33 bits per heavy atom. The number of rotatable bonds is 6. The fraction of sp³-hybridized carbons (Fsp3) is 0.583. The Morgan fingerprint density at radius 3 is 2.83 bits per heavy atom. The van der Waals surface area contributed by atoms with Crippen molar-refractivity contribution in [3.8, 4) is 0 Å². The standard InChI is InChI=1S/C12H16N2O3S/c1-2-10-13-8(6-18-10)5-9(15)14-11(12(16)17)7-3-4-7/h6-7,11H,2-5H2,1H3,(H,14,15)(H,16,17). The molecule has 0 aromatic carbocycles. The van der Waals surface area contributed by atoms with Gasteiger partial charge in [0.25, 0.3) is 0 Å². The van der Waals surface area contributed by atoms with Gasteiger partial charge in [-0.05, 0) is 25.2 Å². The van der Waals surface area contributed by atoms with E-state index in [1.165, 1.54) is 11.3 Å². The third-order valence-corrected chi connectivity index (χ3v) is 3.96. The summed E-state index contributed by atoms with van der Waals surface area (Å²) >= 11 is 1.53. The van der Waals surface area contributed by atoms with Gasteiger partial charge in [-0.2, -0.15) is 0 Å². The highest BCUT2D eigenvalue weighted by molar-refractivity contribution is 7.09. The van der Waals surface area contributed by atoms with Crippen molar-refractivity contribution in [2.45, 2.75) is 38.6 Å². The van der Waals surface area contributed by atoms with Crippen LogP contribution in [0.1, 0.15) is 30.5 Å². The Labute approximate surface area is 109 Å². The lowest BCUT2D eigenvalue weighted by Gasteiger charge is -2.12. The second-order valence-electron chi connectivity index (χ2n) is 4.48. The van der Waals surface area contributed by atoms with Crippen molar-refractivity contribution in [3.05, 3.63) is 16.1 Å². The van der Waals surface area contributed by atoms with Crippen LogP contribution >= 0.6 is 11.3 Å². The molecule has 1 aliphatic rings. The van der Waals surface area contributed by atoms with E-state index in [1.54, 1.807) is 0 Å². The molecule has 1 unspecified atom stereocenters. The van der Waals surface area contributed by atoms with Crippen LogP contribution in [0.5, 0.6) is 0 Å². The number of aliphatic carboxylic acids is 1. The molecule has 1 atom stereocenters. The van der Waals surface area contributed by atoms with E-state index in [-0.39, 0.29) is 18.2 Å². The average molecular weight is 268 g/mol. The maximum atomic E-state index is 11.7. The largest absolute Gasteiger partial charge is 0.480 e. The first-order valence-corrected chi connectivity index (χ1v) is 6.93. The average Bonchev–Trinajstić information content (AvgIpc) is 3.06. The molecule has 1 fully saturated rings. The number of amides is 1. The summed E-state index contributed by atoms with van der Waals surface area (Å²) in [5.74, 6) is -1.10. The van der Waals surface area contributed by atoms with Crippen LogP contribution in [0.15, 0.2) is 5.38 Å². The molecule has 1 aliphatic carbocycles. The molecule has 1 aromatic heterocycles. The number of nitrogens with zero attached hydrogens (tertiary/aromatic N) is 1. The fourth-order valence-corrected chi connectivity index (χ4v) is 2.54. The number of aromatic nitrogens is 1. The van der Waals surface area contributed by atoms with E-state index >= 15 is 0 Å². The van der Waals surface area contributed by atoms with Gasteiger partial charge in [-0.1, -0.05) is 6.92 Å². The number of carbonyl (C=O) groups excluding carboxylic acids is 1. The van der Waals surface area contributed by atoms with E-state index in [1.807, 2.05) is 12.3 Å². The minimum atomic E-state index is -0.946. The smallest absolute Gasteiger partial charge is 0.326 e. The Hall–Kier alpha value is -1.43. The third-order valence-electron chi connectivity index (χ3n) is 2.92. The number of carboxylic acids is 1. The van der Waals surface area contributed by atoms with E-state index < -0.39 is 12.0 Å². The molecule has 1 aromatic rings. The van der Waals surface area contributed by atoms with Crippen molar-refractivity contribution >= 4 is 23.2 Å². The molecule has 98 valence electrons. The molecular weight excluding hydrogens is 252 g/mol. The molecule has 2 N–H and O–H groups in total. The number of carboxylic acid groups (broad SMARTS) is 1. The Balaban J connectivity index is 1.89. The first-order chi connectivity index (χ1) is 8.60. The second kappa shape index (κ2) is 5.48. The van der Waals surface area contributed by atoms with Crippen LogP contribution in [0.3, 0.4) is 0 Å². The van der Waals surface area contributed by atoms with Gasteiger partial charge in [0.05, 0.1) is 17.1 Å². The van der Waals surface area contributed by atoms with Crippen LogP contribution in [-0.2, 0) is 22.4 Å². The zero-order chi connectivity index (χ0) is 13.1. The number of thiazole rings is 1. The Bertz CT molecular complexity index is 454. The second-order valence-corrected chi connectivity index (χ2v) is 5.43. The van der Waals surface area contributed by atoms with Crippen molar-refractivity contribution in [1.29, 1.82) is 0 Å². The monoisotopic (exact) mass is 268 g/mol. The van der Waals surface area contributed by atoms with Crippen LogP contribution in [0.25, 0.3) is 0 Å². The molecule has 0 aliphatic heterocycles. The van der Waals surface area contributed by atoms with Crippen molar-refractivity contribution < 1.29 is 14.7 Å². The molecule has 1 heterocycles. The molecule has 0 spiro atoms. The summed E-state index contributed by atoms with van der Waals surface area (Å²) in [6, 6.07) is -0.734. The van der Waals surface area contributed by atoms with Crippen molar-refractivity contribution in [3.63, 3.8) is 0 Å². The molecule has 0 radical (unpaired) electrons. The zero-order valence-corrected chi connectivity index (χ0v) is 11.0. The molecular formula is C12H16N2O3S. The highest BCUT2D eigenvalue weighted by Gasteiger charge is 2.37. The van der Waals surface area contributed by atoms with Crippen molar-refractivity contribution in [2.75, 3.05) is 0 Å². The minimum absolute atomic E-state index is 0.105. The van der Waals surface area contributed by atoms with E-state index in [2.05, 4.69) is 10.3 Å². The zero-order valence-electron chi connectivity index (χ0n) is 10.2. The first-order valence-electron chi connectivity index (χ1n) is 6.05. The van der Waals surface area contributed by atoms with Gasteiger partial charge < -0.3 is 10.4 Å². The van der Waals surface area contributed by atoms with Gasteiger partial charge in [0.1, 0.15) is 6.04 Å². The number of nitrogens with one attached hydrogen (secondary N) is 1. The van der Waals surface area contributed by atoms with Gasteiger partial charge in [-0.3, -0.25) is 4.79 Å². The maximum absolute atomic E-state index is 11.7. The van der Waals surface area contributed by atoms with Gasteiger partial charge >= 0.3 is 5.97 Å². The van der Waals surface area contributed by atoms with Gasteiger partial charge in [0.15, 0.2) is 0 Å². The van der Waals surface area contributed by atoms with Gasteiger partial charge in [-0.15, -0.1) is 11.3 Å². The molecule has 2 rings (SSSR count). The lowest BCUT2D eigenvalue weighted by molar-refractivity contribution is -0.142. The summed E-state index contributed by atoms with van der Waals surface area (Å²) in [7, 11) is 0. The Kier molecular flexibility index (Phi) is 3.96. The molecule has 5 nitrogen and oxygen atoms in total. The van der Waals surface area contributed by atoms with Gasteiger partial charge in [-0.25, -0.2) is 9.78 Å². The van der Waals surface area contributed by atoms with Crippen LogP contribution in [0, 0.1) is 5.92 Å². The number of hydrogen-bond acceptors (Lipinski definition) is 4. The maximum Gasteiger partial charge on any atom is 0.326 e. The molecule has 18 heavy (non-hydrogen) atoms. The first kappa shape index (κ1) is 13.0. The summed E-state index contributed by atoms with van der Waals surface area (Å²) in [5.41, 5.74) is 0.717. The molecule has 1 saturated carbocycles. The molecule has 0 saturated heterocycles. The number of aryl methyl sites for hydroxylation is 1. The highest BCUT2D eigenvalue weighted by atomic mass is 32.1. The molecule has 6 heteroatoms. The topological polar surface area (TPSA) is 79.3 Å². The quantitative estimate of drug-likeness (QED) is 0.813. The Morgan fingerprint density at radius 1 is 1.61 bits per heavy atom. The van der Waals surface area contributed by atoms with Crippen LogP contribution in [0.2, 0.25) is 0 Å². The molecule has 1 amide bonds. The lowest BCUT2D eigenvalue weighted by atomic mass is 10.2. The summed E-state index contributed by atoms with van der Waals surface area (Å²) in [4.78, 5) is 27.0. The number of carbonyl (C=O) groups is 2. The van der Waals surface area contributed by atoms with E-state index in [0.717, 1.165) is 24.3 Å². The van der Waals surface area contributed by atoms with Crippen molar-refractivity contribution in [1.82, 2.24) is 10.3 Å². The van der Waals surface area contributed by atoms with Gasteiger partial charge in [0.2, 0.25) is 5.91 Å². The van der Waals surface area contributed by atoms with Crippen molar-refractivity contribution in [2.24, 2.45) is 5.92 Å². The highest BCUT2D eigenvalue weighted by Crippen LogP contribution is 2.32. The predicted molar refractivity (Wildman–Crippen MR) is 67.5 cm³/mol. The predicted octanol–water partition coefficient (Wildman–Crippen LogP) is 1.23. The summed E-state index contributed by atoms with van der Waals surface area (Å²) < 4.78 is 0. The van der Waals surface area contributed by atoms with Crippen LogP contribution in [-0.4, -0.2) is 28.0 Å². The number of hydrogen-bond donors (Lipinski definition) is 2. The minimum Gasteiger partial charge on any atom is -0.480 e. The fourth-order valence-electron chi connectivity index (χ4n) is 1.79. The lowest BCUT2D eigenvalue weighted by Crippen LogP contribution is -2.43. The van der Waals surface area contributed by atoms with Crippen LogP contribution < -0.4 is 5.32 Å². The summed E-state index contributed by atoms with van der Waals surface area (Å²) in [6.07, 6.45) is 2.78. The summed E-state index contributed by atoms with van der Waals surface area (Å²) in [5, 5.41) is 14.4. The van der Waals surface area contributed by atoms with E-state index in [9.17, 15) is 9.59 Å². The molecule has 0 bridgehead atoms. The van der Waals surface area contributed by atoms with E-state index in [4.69, 9.17) is 5.11 Å². The normalized spacial score (nSPS) is 16.3.